The Bertz CT molecular complexity index is 733. The summed E-state index contributed by atoms with van der Waals surface area (Å²) < 4.78 is 10.6. The zero-order valence-electron chi connectivity index (χ0n) is 18.9. The summed E-state index contributed by atoms with van der Waals surface area (Å²) in [5.41, 5.74) is 2.57. The molecule has 2 aromatic rings. The lowest BCUT2D eigenvalue weighted by molar-refractivity contribution is 0.180. The van der Waals surface area contributed by atoms with Crippen molar-refractivity contribution in [2.75, 3.05) is 54.5 Å². The van der Waals surface area contributed by atoms with Crippen LogP contribution < -0.4 is 10.6 Å². The Morgan fingerprint density at radius 1 is 1.00 bits per heavy atom. The van der Waals surface area contributed by atoms with Gasteiger partial charge in [-0.25, -0.2) is 0 Å². The predicted octanol–water partition coefficient (Wildman–Crippen LogP) is 2.54. The van der Waals surface area contributed by atoms with Gasteiger partial charge in [0, 0.05) is 53.5 Å². The van der Waals surface area contributed by atoms with E-state index in [0.717, 1.165) is 64.0 Å². The Balaban J connectivity index is 1.78. The fraction of sp³-hybridized carbons (Fsp3) is 0.522. The van der Waals surface area contributed by atoms with Crippen LogP contribution >= 0.6 is 0 Å². The number of guanidine groups is 1. The van der Waals surface area contributed by atoms with Gasteiger partial charge in [-0.05, 0) is 43.8 Å². The van der Waals surface area contributed by atoms with Crippen molar-refractivity contribution >= 4 is 5.96 Å². The smallest absolute Gasteiger partial charge is 0.191 e. The van der Waals surface area contributed by atoms with Crippen LogP contribution in [0.5, 0.6) is 0 Å². The van der Waals surface area contributed by atoms with Gasteiger partial charge in [0.25, 0.3) is 0 Å². The number of rotatable bonds is 13. The molecule has 0 unspecified atom stereocenters. The van der Waals surface area contributed by atoms with Gasteiger partial charge in [0.15, 0.2) is 5.96 Å². The Kier molecular flexibility index (Phi) is 11.0. The van der Waals surface area contributed by atoms with Gasteiger partial charge in [0.1, 0.15) is 5.76 Å². The highest BCUT2D eigenvalue weighted by Crippen LogP contribution is 2.13. The number of aliphatic imine (C=N–C) groups is 1. The maximum atomic E-state index is 5.46. The van der Waals surface area contributed by atoms with Crippen molar-refractivity contribution in [3.63, 3.8) is 0 Å². The van der Waals surface area contributed by atoms with Crippen LogP contribution in [0.3, 0.4) is 0 Å². The summed E-state index contributed by atoms with van der Waals surface area (Å²) in [4.78, 5) is 8.90. The number of methoxy groups -OCH3 is 1. The molecule has 1 aromatic heterocycles. The molecule has 1 aromatic carbocycles. The lowest BCUT2D eigenvalue weighted by Crippen LogP contribution is -2.41. The summed E-state index contributed by atoms with van der Waals surface area (Å²) in [6.07, 6.45) is 2.77. The van der Waals surface area contributed by atoms with E-state index in [1.165, 1.54) is 11.1 Å². The van der Waals surface area contributed by atoms with Crippen LogP contribution in [0.4, 0.5) is 0 Å². The molecule has 0 aliphatic heterocycles. The topological polar surface area (TPSA) is 65.3 Å². The van der Waals surface area contributed by atoms with E-state index in [1.807, 2.05) is 12.1 Å². The largest absolute Gasteiger partial charge is 0.468 e. The molecule has 0 bridgehead atoms. The molecule has 0 amide bonds. The van der Waals surface area contributed by atoms with E-state index in [9.17, 15) is 0 Å². The van der Waals surface area contributed by atoms with Gasteiger partial charge >= 0.3 is 0 Å². The van der Waals surface area contributed by atoms with Crippen LogP contribution in [-0.2, 0) is 24.4 Å². The van der Waals surface area contributed by atoms with Gasteiger partial charge in [-0.3, -0.25) is 9.89 Å². The van der Waals surface area contributed by atoms with E-state index in [4.69, 9.17) is 9.15 Å². The first-order valence-electron chi connectivity index (χ1n) is 10.5. The summed E-state index contributed by atoms with van der Waals surface area (Å²) in [6, 6.07) is 12.5. The molecule has 2 rings (SSSR count). The van der Waals surface area contributed by atoms with Crippen molar-refractivity contribution in [3.05, 3.63) is 59.5 Å². The van der Waals surface area contributed by atoms with Gasteiger partial charge in [-0.15, -0.1) is 0 Å². The molecule has 2 N–H and O–H groups in total. The Labute approximate surface area is 181 Å². The van der Waals surface area contributed by atoms with Crippen LogP contribution in [0, 0.1) is 0 Å². The second-order valence-corrected chi connectivity index (χ2v) is 7.52. The van der Waals surface area contributed by atoms with Gasteiger partial charge in [0.2, 0.25) is 0 Å². The maximum Gasteiger partial charge on any atom is 0.191 e. The maximum absolute atomic E-state index is 5.46. The first-order valence-corrected chi connectivity index (χ1v) is 10.5. The summed E-state index contributed by atoms with van der Waals surface area (Å²) in [5.74, 6) is 1.80. The van der Waals surface area contributed by atoms with E-state index in [0.29, 0.717) is 0 Å². The van der Waals surface area contributed by atoms with Crippen molar-refractivity contribution in [1.29, 1.82) is 0 Å². The number of hydrogen-bond donors (Lipinski definition) is 2. The molecule has 0 spiro atoms. The third kappa shape index (κ3) is 8.98. The molecular weight excluding hydrogens is 378 g/mol. The van der Waals surface area contributed by atoms with Crippen LogP contribution in [0.2, 0.25) is 0 Å². The number of hydrogen-bond acceptors (Lipinski definition) is 5. The fourth-order valence-electron chi connectivity index (χ4n) is 3.25. The molecule has 166 valence electrons. The fourth-order valence-corrected chi connectivity index (χ4v) is 3.25. The first-order chi connectivity index (χ1) is 14.6. The zero-order chi connectivity index (χ0) is 21.6. The predicted molar refractivity (Wildman–Crippen MR) is 123 cm³/mol. The Hall–Kier alpha value is -2.35. The summed E-state index contributed by atoms with van der Waals surface area (Å²) in [5, 5.41) is 6.83. The van der Waals surface area contributed by atoms with Gasteiger partial charge in [-0.2, -0.15) is 0 Å². The molecule has 0 fully saturated rings. The lowest BCUT2D eigenvalue weighted by atomic mass is 10.1. The molecule has 0 atom stereocenters. The molecule has 0 aliphatic rings. The molecule has 0 aliphatic carbocycles. The average molecular weight is 416 g/mol. The standard InChI is InChI=1S/C23H37N5O2/c1-24-23(25-12-14-27(2)13-8-15-29-4)26-17-20-9-5-6-10-21(20)18-28(3)19-22-11-7-16-30-22/h5-7,9-11,16H,8,12-15,17-19H2,1-4H3,(H2,24,25,26). The van der Waals surface area contributed by atoms with Crippen LogP contribution in [0.1, 0.15) is 23.3 Å². The monoisotopic (exact) mass is 415 g/mol. The summed E-state index contributed by atoms with van der Waals surface area (Å²) in [6.45, 7) is 6.01. The van der Waals surface area contributed by atoms with Gasteiger partial charge in [-0.1, -0.05) is 24.3 Å². The van der Waals surface area contributed by atoms with E-state index in [-0.39, 0.29) is 0 Å². The van der Waals surface area contributed by atoms with Crippen molar-refractivity contribution in [1.82, 2.24) is 20.4 Å². The van der Waals surface area contributed by atoms with Crippen LogP contribution in [-0.4, -0.2) is 70.3 Å². The van der Waals surface area contributed by atoms with Crippen molar-refractivity contribution in [2.24, 2.45) is 4.99 Å². The molecule has 30 heavy (non-hydrogen) atoms. The molecule has 7 heteroatoms. The Morgan fingerprint density at radius 2 is 1.80 bits per heavy atom. The van der Waals surface area contributed by atoms with Crippen LogP contribution in [0.15, 0.2) is 52.1 Å². The molecule has 7 nitrogen and oxygen atoms in total. The minimum Gasteiger partial charge on any atom is -0.468 e. The number of furan rings is 1. The Morgan fingerprint density at radius 3 is 2.50 bits per heavy atom. The number of nitrogens with zero attached hydrogens (tertiary/aromatic N) is 3. The number of ether oxygens (including phenoxy) is 1. The van der Waals surface area contributed by atoms with Gasteiger partial charge in [0.05, 0.1) is 12.8 Å². The van der Waals surface area contributed by atoms with Crippen molar-refractivity contribution < 1.29 is 9.15 Å². The minimum atomic E-state index is 0.730. The first kappa shape index (κ1) is 23.9. The molecule has 1 heterocycles. The van der Waals surface area contributed by atoms with Gasteiger partial charge < -0.3 is 24.7 Å². The molecule has 0 saturated heterocycles. The average Bonchev–Trinajstić information content (AvgIpc) is 3.24. The molecule has 0 radical (unpaired) electrons. The normalized spacial score (nSPS) is 12.0. The number of nitrogens with one attached hydrogen (secondary N) is 2. The lowest BCUT2D eigenvalue weighted by Gasteiger charge is -2.20. The number of likely N-dealkylation sites (N-methyl/N-ethyl adjacent to an activating group) is 1. The summed E-state index contributed by atoms with van der Waals surface area (Å²) in [7, 11) is 7.78. The molecular formula is C23H37N5O2. The van der Waals surface area contributed by atoms with E-state index in [1.54, 1.807) is 20.4 Å². The second kappa shape index (κ2) is 13.8. The van der Waals surface area contributed by atoms with E-state index >= 15 is 0 Å². The van der Waals surface area contributed by atoms with Crippen LogP contribution in [0.25, 0.3) is 0 Å². The third-order valence-electron chi connectivity index (χ3n) is 4.91. The third-order valence-corrected chi connectivity index (χ3v) is 4.91. The minimum absolute atomic E-state index is 0.730. The SMILES string of the molecule is CN=C(NCCN(C)CCCOC)NCc1ccccc1CN(C)Cc1ccco1. The van der Waals surface area contributed by atoms with Crippen molar-refractivity contribution in [3.8, 4) is 0 Å². The van der Waals surface area contributed by atoms with E-state index in [2.05, 4.69) is 63.8 Å². The zero-order valence-corrected chi connectivity index (χ0v) is 18.9. The highest BCUT2D eigenvalue weighted by Gasteiger charge is 2.08. The molecule has 0 saturated carbocycles. The quantitative estimate of drug-likeness (QED) is 0.298. The second-order valence-electron chi connectivity index (χ2n) is 7.52. The van der Waals surface area contributed by atoms with E-state index < -0.39 is 0 Å². The highest BCUT2D eigenvalue weighted by molar-refractivity contribution is 5.79. The van der Waals surface area contributed by atoms with Crippen molar-refractivity contribution in [2.45, 2.75) is 26.1 Å². The highest BCUT2D eigenvalue weighted by atomic mass is 16.5. The summed E-state index contributed by atoms with van der Waals surface area (Å²) >= 11 is 0. The number of benzene rings is 1.